The molecule has 0 aliphatic carbocycles. The lowest BCUT2D eigenvalue weighted by atomic mass is 9.89. The lowest BCUT2D eigenvalue weighted by Crippen LogP contribution is -2.54. The molecule has 176 valence electrons. The average Bonchev–Trinajstić information content (AvgIpc) is 2.81. The summed E-state index contributed by atoms with van der Waals surface area (Å²) in [6.45, 7) is 4.47. The molecular formula is C22H31ClN4O5. The monoisotopic (exact) mass is 466 g/mol. The number of aliphatic carboxylic acids is 1. The molecule has 1 unspecified atom stereocenters. The fourth-order valence-corrected chi connectivity index (χ4v) is 4.00. The third-order valence-corrected chi connectivity index (χ3v) is 6.16. The molecule has 2 rings (SSSR count). The molecule has 1 saturated heterocycles. The van der Waals surface area contributed by atoms with Crippen LogP contribution in [-0.4, -0.2) is 73.0 Å². The molecule has 0 aromatic heterocycles. The van der Waals surface area contributed by atoms with Crippen molar-refractivity contribution >= 4 is 41.5 Å². The van der Waals surface area contributed by atoms with E-state index in [1.807, 2.05) is 12.1 Å². The smallest absolute Gasteiger partial charge is 0.315 e. The van der Waals surface area contributed by atoms with Gasteiger partial charge in [0.1, 0.15) is 6.29 Å². The zero-order chi connectivity index (χ0) is 23.7. The third-order valence-electron chi connectivity index (χ3n) is 5.79. The Morgan fingerprint density at radius 1 is 1.16 bits per heavy atom. The van der Waals surface area contributed by atoms with Crippen LogP contribution in [0, 0.1) is 0 Å². The summed E-state index contributed by atoms with van der Waals surface area (Å²) in [5, 5.41) is 14.6. The van der Waals surface area contributed by atoms with Crippen molar-refractivity contribution in [1.82, 2.24) is 15.5 Å². The highest BCUT2D eigenvalue weighted by Crippen LogP contribution is 2.25. The van der Waals surface area contributed by atoms with Crippen molar-refractivity contribution in [2.24, 2.45) is 0 Å². The molecule has 1 aromatic carbocycles. The minimum atomic E-state index is -1.41. The van der Waals surface area contributed by atoms with Crippen LogP contribution in [0.5, 0.6) is 0 Å². The largest absolute Gasteiger partial charge is 0.481 e. The first-order chi connectivity index (χ1) is 15.2. The highest BCUT2D eigenvalue weighted by atomic mass is 35.5. The summed E-state index contributed by atoms with van der Waals surface area (Å²) >= 11 is 6.21. The number of benzene rings is 1. The number of nitrogens with one attached hydrogen (secondary N) is 2. The van der Waals surface area contributed by atoms with Gasteiger partial charge in [-0.05, 0) is 43.0 Å². The second-order valence-corrected chi connectivity index (χ2v) is 8.28. The summed E-state index contributed by atoms with van der Waals surface area (Å²) in [6, 6.07) is 5.34. The number of hydrogen-bond acceptors (Lipinski definition) is 5. The Kier molecular flexibility index (Phi) is 9.31. The standard InChI is InChI=1S/C22H31ClN4O5/c1-3-16-14-17(4-5-18(16)23)26-10-12-27(13-11-26)19(29)6-8-22(15-28,9-7-20(30)31)25-21(32)24-2/h4-5,14-15H,3,6-13H2,1-2H3,(H,30,31)(H2,24,25,32). The SMILES string of the molecule is CCc1cc(N2CCN(C(=O)CCC(C=O)(CCC(=O)O)NC(=O)NC)CC2)ccc1Cl. The summed E-state index contributed by atoms with van der Waals surface area (Å²) in [5.41, 5.74) is 0.746. The second kappa shape index (κ2) is 11.7. The average molecular weight is 467 g/mol. The highest BCUT2D eigenvalue weighted by molar-refractivity contribution is 6.31. The molecule has 10 heteroatoms. The first kappa shape index (κ1) is 25.5. The van der Waals surface area contributed by atoms with E-state index in [1.165, 1.54) is 7.05 Å². The molecule has 32 heavy (non-hydrogen) atoms. The van der Waals surface area contributed by atoms with Crippen molar-refractivity contribution in [3.05, 3.63) is 28.8 Å². The number of carboxylic acid groups (broad SMARTS) is 1. The number of amides is 3. The van der Waals surface area contributed by atoms with Crippen LogP contribution in [0.4, 0.5) is 10.5 Å². The molecule has 1 aliphatic rings. The first-order valence-corrected chi connectivity index (χ1v) is 11.1. The van der Waals surface area contributed by atoms with Crippen molar-refractivity contribution in [2.45, 2.75) is 44.6 Å². The van der Waals surface area contributed by atoms with Gasteiger partial charge in [0.25, 0.3) is 0 Å². The Morgan fingerprint density at radius 3 is 2.38 bits per heavy atom. The number of rotatable bonds is 10. The minimum Gasteiger partial charge on any atom is -0.481 e. The summed E-state index contributed by atoms with van der Waals surface area (Å²) in [7, 11) is 1.40. The Morgan fingerprint density at radius 2 is 1.81 bits per heavy atom. The quantitative estimate of drug-likeness (QED) is 0.454. The number of anilines is 1. The summed E-state index contributed by atoms with van der Waals surface area (Å²) in [5.74, 6) is -1.21. The molecule has 1 aromatic rings. The zero-order valence-electron chi connectivity index (χ0n) is 18.5. The van der Waals surface area contributed by atoms with Crippen LogP contribution in [0.25, 0.3) is 0 Å². The number of urea groups is 1. The van der Waals surface area contributed by atoms with Crippen LogP contribution >= 0.6 is 11.6 Å². The maximum absolute atomic E-state index is 12.8. The van der Waals surface area contributed by atoms with Crippen molar-refractivity contribution < 1.29 is 24.3 Å². The van der Waals surface area contributed by atoms with Gasteiger partial charge in [-0.1, -0.05) is 18.5 Å². The molecule has 0 spiro atoms. The van der Waals surface area contributed by atoms with Gasteiger partial charge in [0.05, 0.1) is 5.54 Å². The van der Waals surface area contributed by atoms with Gasteiger partial charge in [-0.25, -0.2) is 4.79 Å². The number of hydrogen-bond donors (Lipinski definition) is 3. The van der Waals surface area contributed by atoms with E-state index in [0.29, 0.717) is 32.5 Å². The normalized spacial score (nSPS) is 15.6. The van der Waals surface area contributed by atoms with Crippen LogP contribution in [-0.2, 0) is 20.8 Å². The van der Waals surface area contributed by atoms with Gasteiger partial charge in [0, 0.05) is 56.8 Å². The maximum Gasteiger partial charge on any atom is 0.315 e. The van der Waals surface area contributed by atoms with Crippen molar-refractivity contribution in [3.8, 4) is 0 Å². The predicted molar refractivity (Wildman–Crippen MR) is 122 cm³/mol. The van der Waals surface area contributed by atoms with Crippen LogP contribution in [0.3, 0.4) is 0 Å². The molecule has 3 amide bonds. The van der Waals surface area contributed by atoms with Gasteiger partial charge in [0.2, 0.25) is 5.91 Å². The summed E-state index contributed by atoms with van der Waals surface area (Å²) in [4.78, 5) is 51.2. The molecule has 9 nitrogen and oxygen atoms in total. The number of carboxylic acids is 1. The summed E-state index contributed by atoms with van der Waals surface area (Å²) < 4.78 is 0. The Bertz CT molecular complexity index is 842. The van der Waals surface area contributed by atoms with E-state index < -0.39 is 17.5 Å². The van der Waals surface area contributed by atoms with E-state index in [1.54, 1.807) is 4.90 Å². The van der Waals surface area contributed by atoms with E-state index in [-0.39, 0.29) is 31.6 Å². The molecule has 1 heterocycles. The van der Waals surface area contributed by atoms with Crippen molar-refractivity contribution in [1.29, 1.82) is 0 Å². The van der Waals surface area contributed by atoms with Gasteiger partial charge in [-0.2, -0.15) is 0 Å². The van der Waals surface area contributed by atoms with Gasteiger partial charge in [-0.3, -0.25) is 9.59 Å². The maximum atomic E-state index is 12.8. The fraction of sp³-hybridized carbons (Fsp3) is 0.545. The number of nitrogens with zero attached hydrogens (tertiary/aromatic N) is 2. The van der Waals surface area contributed by atoms with Crippen molar-refractivity contribution in [2.75, 3.05) is 38.1 Å². The second-order valence-electron chi connectivity index (χ2n) is 7.87. The fourth-order valence-electron chi connectivity index (χ4n) is 3.75. The van der Waals surface area contributed by atoms with Gasteiger partial charge in [0.15, 0.2) is 0 Å². The molecule has 3 N–H and O–H groups in total. The van der Waals surface area contributed by atoms with E-state index in [9.17, 15) is 19.2 Å². The van der Waals surface area contributed by atoms with Crippen LogP contribution in [0.2, 0.25) is 5.02 Å². The number of aldehydes is 1. The van der Waals surface area contributed by atoms with Gasteiger partial charge >= 0.3 is 12.0 Å². The van der Waals surface area contributed by atoms with E-state index >= 15 is 0 Å². The molecule has 1 atom stereocenters. The molecule has 0 bridgehead atoms. The molecule has 1 aliphatic heterocycles. The topological polar surface area (TPSA) is 119 Å². The van der Waals surface area contributed by atoms with Crippen LogP contribution in [0.15, 0.2) is 18.2 Å². The lowest BCUT2D eigenvalue weighted by Gasteiger charge is -2.37. The number of carbonyl (C=O) groups excluding carboxylic acids is 3. The molecule has 0 radical (unpaired) electrons. The number of halogens is 1. The predicted octanol–water partition coefficient (Wildman–Crippen LogP) is 2.06. The minimum absolute atomic E-state index is 0.0310. The van der Waals surface area contributed by atoms with Gasteiger partial charge < -0.3 is 30.3 Å². The Hall–Kier alpha value is -2.81. The summed E-state index contributed by atoms with van der Waals surface area (Å²) in [6.07, 6.45) is 1.06. The van der Waals surface area contributed by atoms with Gasteiger partial charge in [-0.15, -0.1) is 0 Å². The Labute approximate surface area is 193 Å². The number of carbonyl (C=O) groups is 4. The van der Waals surface area contributed by atoms with E-state index in [0.717, 1.165) is 22.7 Å². The van der Waals surface area contributed by atoms with Crippen LogP contribution < -0.4 is 15.5 Å². The highest BCUT2D eigenvalue weighted by Gasteiger charge is 2.33. The number of piperazine rings is 1. The number of aryl methyl sites for hydroxylation is 1. The molecule has 0 saturated carbocycles. The molecular weight excluding hydrogens is 436 g/mol. The van der Waals surface area contributed by atoms with Crippen LogP contribution in [0.1, 0.15) is 38.2 Å². The first-order valence-electron chi connectivity index (χ1n) is 10.7. The van der Waals surface area contributed by atoms with E-state index in [4.69, 9.17) is 16.7 Å². The zero-order valence-corrected chi connectivity index (χ0v) is 19.3. The molecule has 1 fully saturated rings. The Balaban J connectivity index is 1.96. The lowest BCUT2D eigenvalue weighted by molar-refractivity contribution is -0.137. The van der Waals surface area contributed by atoms with Crippen molar-refractivity contribution in [3.63, 3.8) is 0 Å². The third kappa shape index (κ3) is 6.85. The van der Waals surface area contributed by atoms with E-state index in [2.05, 4.69) is 28.5 Å².